The number of aliphatic carboxylic acids is 1. The molecular formula is C17H34N4O3. The summed E-state index contributed by atoms with van der Waals surface area (Å²) in [7, 11) is 0. The molecule has 0 radical (unpaired) electrons. The number of aldehydes is 1. The van der Waals surface area contributed by atoms with Crippen molar-refractivity contribution in [2.24, 2.45) is 0 Å². The number of hydrogen-bond acceptors (Lipinski definition) is 6. The summed E-state index contributed by atoms with van der Waals surface area (Å²) in [5, 5.41) is 9.13. The number of nitrogens with zero attached hydrogens (tertiary/aromatic N) is 4. The van der Waals surface area contributed by atoms with E-state index in [1.165, 1.54) is 0 Å². The van der Waals surface area contributed by atoms with Crippen LogP contribution in [0.3, 0.4) is 0 Å². The Bertz CT molecular complexity index is 379. The first kappa shape index (κ1) is 21.0. The molecule has 1 N–H and O–H groups in total. The first-order valence-corrected chi connectivity index (χ1v) is 9.02. The molecule has 0 unspecified atom stereocenters. The van der Waals surface area contributed by atoms with Crippen LogP contribution in [-0.2, 0) is 9.59 Å². The average Bonchev–Trinajstić information content (AvgIpc) is 2.52. The summed E-state index contributed by atoms with van der Waals surface area (Å²) < 4.78 is 0. The van der Waals surface area contributed by atoms with Gasteiger partial charge in [0.15, 0.2) is 0 Å². The lowest BCUT2D eigenvalue weighted by Crippen LogP contribution is -2.48. The molecule has 0 aliphatic carbocycles. The normalized spacial score (nSPS) is 21.3. The van der Waals surface area contributed by atoms with Crippen molar-refractivity contribution in [3.05, 3.63) is 0 Å². The van der Waals surface area contributed by atoms with Crippen molar-refractivity contribution in [2.45, 2.75) is 26.8 Å². The smallest absolute Gasteiger partial charge is 0.317 e. The third-order valence-corrected chi connectivity index (χ3v) is 4.74. The van der Waals surface area contributed by atoms with Gasteiger partial charge in [-0.2, -0.15) is 0 Å². The molecule has 0 aromatic rings. The molecule has 24 heavy (non-hydrogen) atoms. The molecule has 0 bridgehead atoms. The topological polar surface area (TPSA) is 67.3 Å². The fourth-order valence-corrected chi connectivity index (χ4v) is 3.02. The largest absolute Gasteiger partial charge is 0.480 e. The molecule has 1 saturated heterocycles. The van der Waals surface area contributed by atoms with Crippen molar-refractivity contribution < 1.29 is 14.7 Å². The first-order valence-electron chi connectivity index (χ1n) is 9.02. The van der Waals surface area contributed by atoms with E-state index in [9.17, 15) is 9.59 Å². The SMILES string of the molecule is CCN1CCN(CC=O)CCN(CC(=O)O)CCN(C(C)C)CC1. The fraction of sp³-hybridized carbons (Fsp3) is 0.882. The van der Waals surface area contributed by atoms with Crippen LogP contribution in [0.2, 0.25) is 0 Å². The Morgan fingerprint density at radius 1 is 0.958 bits per heavy atom. The third-order valence-electron chi connectivity index (χ3n) is 4.74. The summed E-state index contributed by atoms with van der Waals surface area (Å²) in [6, 6.07) is 0.449. The summed E-state index contributed by atoms with van der Waals surface area (Å²) in [6.07, 6.45) is 0.935. The maximum absolute atomic E-state index is 11.1. The lowest BCUT2D eigenvalue weighted by atomic mass is 10.2. The highest BCUT2D eigenvalue weighted by atomic mass is 16.4. The van der Waals surface area contributed by atoms with Crippen molar-refractivity contribution in [2.75, 3.05) is 72.0 Å². The molecule has 0 spiro atoms. The second-order valence-corrected chi connectivity index (χ2v) is 6.70. The summed E-state index contributed by atoms with van der Waals surface area (Å²) in [5.41, 5.74) is 0. The van der Waals surface area contributed by atoms with E-state index in [4.69, 9.17) is 5.11 Å². The molecule has 0 amide bonds. The zero-order valence-electron chi connectivity index (χ0n) is 15.5. The van der Waals surface area contributed by atoms with Gasteiger partial charge >= 0.3 is 5.97 Å². The summed E-state index contributed by atoms with van der Waals surface area (Å²) in [6.45, 7) is 14.8. The Hall–Kier alpha value is -1.02. The van der Waals surface area contributed by atoms with Crippen LogP contribution in [0.15, 0.2) is 0 Å². The molecule has 7 heteroatoms. The molecule has 140 valence electrons. The Morgan fingerprint density at radius 3 is 1.96 bits per heavy atom. The van der Waals surface area contributed by atoms with Crippen molar-refractivity contribution in [3.8, 4) is 0 Å². The van der Waals surface area contributed by atoms with E-state index in [-0.39, 0.29) is 6.54 Å². The summed E-state index contributed by atoms with van der Waals surface area (Å²) >= 11 is 0. The monoisotopic (exact) mass is 342 g/mol. The van der Waals surface area contributed by atoms with E-state index in [1.54, 1.807) is 0 Å². The molecule has 1 aliphatic rings. The Kier molecular flexibility index (Phi) is 10.1. The van der Waals surface area contributed by atoms with Crippen LogP contribution in [0.5, 0.6) is 0 Å². The van der Waals surface area contributed by atoms with Gasteiger partial charge in [-0.1, -0.05) is 6.92 Å². The second-order valence-electron chi connectivity index (χ2n) is 6.70. The van der Waals surface area contributed by atoms with Crippen LogP contribution in [-0.4, -0.2) is 115 Å². The third kappa shape index (κ3) is 8.19. The zero-order valence-corrected chi connectivity index (χ0v) is 15.5. The van der Waals surface area contributed by atoms with E-state index < -0.39 is 5.97 Å². The molecule has 0 atom stereocenters. The minimum absolute atomic E-state index is 0.0575. The molecule has 0 saturated carbocycles. The molecule has 1 aliphatic heterocycles. The quantitative estimate of drug-likeness (QED) is 0.677. The fourth-order valence-electron chi connectivity index (χ4n) is 3.02. The van der Waals surface area contributed by atoms with E-state index in [0.29, 0.717) is 19.1 Å². The van der Waals surface area contributed by atoms with Gasteiger partial charge in [0.05, 0.1) is 13.1 Å². The van der Waals surface area contributed by atoms with Crippen LogP contribution in [0.25, 0.3) is 0 Å². The van der Waals surface area contributed by atoms with E-state index in [1.807, 2.05) is 4.90 Å². The lowest BCUT2D eigenvalue weighted by molar-refractivity contribution is -0.138. The van der Waals surface area contributed by atoms with Gasteiger partial charge in [0.2, 0.25) is 0 Å². The minimum Gasteiger partial charge on any atom is -0.480 e. The van der Waals surface area contributed by atoms with Gasteiger partial charge in [0, 0.05) is 58.4 Å². The zero-order chi connectivity index (χ0) is 17.9. The van der Waals surface area contributed by atoms with Gasteiger partial charge < -0.3 is 14.8 Å². The molecule has 1 heterocycles. The van der Waals surface area contributed by atoms with Crippen molar-refractivity contribution in [3.63, 3.8) is 0 Å². The minimum atomic E-state index is -0.794. The number of hydrogen-bond donors (Lipinski definition) is 1. The van der Waals surface area contributed by atoms with Gasteiger partial charge in [-0.05, 0) is 20.4 Å². The van der Waals surface area contributed by atoms with E-state index in [0.717, 1.165) is 58.6 Å². The molecular weight excluding hydrogens is 308 g/mol. The number of likely N-dealkylation sites (N-methyl/N-ethyl adjacent to an activating group) is 1. The maximum atomic E-state index is 11.1. The van der Waals surface area contributed by atoms with Gasteiger partial charge in [-0.25, -0.2) is 0 Å². The lowest BCUT2D eigenvalue weighted by Gasteiger charge is -2.34. The van der Waals surface area contributed by atoms with Gasteiger partial charge in [0.25, 0.3) is 0 Å². The Labute approximate surface area is 146 Å². The number of carboxylic acid groups (broad SMARTS) is 1. The molecule has 0 aromatic carbocycles. The van der Waals surface area contributed by atoms with Crippen molar-refractivity contribution >= 4 is 12.3 Å². The highest BCUT2D eigenvalue weighted by Crippen LogP contribution is 2.03. The van der Waals surface area contributed by atoms with Crippen molar-refractivity contribution in [1.29, 1.82) is 0 Å². The van der Waals surface area contributed by atoms with Crippen LogP contribution in [0.1, 0.15) is 20.8 Å². The highest BCUT2D eigenvalue weighted by Gasteiger charge is 2.18. The second kappa shape index (κ2) is 11.5. The van der Waals surface area contributed by atoms with Gasteiger partial charge in [0.1, 0.15) is 6.29 Å². The molecule has 1 rings (SSSR count). The number of carbonyl (C=O) groups excluding carboxylic acids is 1. The predicted octanol–water partition coefficient (Wildman–Crippen LogP) is -0.0802. The maximum Gasteiger partial charge on any atom is 0.317 e. The molecule has 1 fully saturated rings. The molecule has 0 aromatic heterocycles. The van der Waals surface area contributed by atoms with Gasteiger partial charge in [-0.15, -0.1) is 0 Å². The number of rotatable bonds is 6. The van der Waals surface area contributed by atoms with Crippen molar-refractivity contribution in [1.82, 2.24) is 19.6 Å². The summed E-state index contributed by atoms with van der Waals surface area (Å²) in [5.74, 6) is -0.794. The predicted molar refractivity (Wildman–Crippen MR) is 95.4 cm³/mol. The Balaban J connectivity index is 2.77. The van der Waals surface area contributed by atoms with Crippen LogP contribution in [0, 0.1) is 0 Å². The molecule has 7 nitrogen and oxygen atoms in total. The number of carbonyl (C=O) groups is 2. The van der Waals surface area contributed by atoms with Crippen LogP contribution < -0.4 is 0 Å². The van der Waals surface area contributed by atoms with E-state index in [2.05, 4.69) is 35.5 Å². The highest BCUT2D eigenvalue weighted by molar-refractivity contribution is 5.69. The van der Waals surface area contributed by atoms with Crippen LogP contribution in [0.4, 0.5) is 0 Å². The summed E-state index contributed by atoms with van der Waals surface area (Å²) in [4.78, 5) is 31.0. The Morgan fingerprint density at radius 2 is 1.46 bits per heavy atom. The van der Waals surface area contributed by atoms with Crippen LogP contribution >= 0.6 is 0 Å². The van der Waals surface area contributed by atoms with E-state index >= 15 is 0 Å². The van der Waals surface area contributed by atoms with Gasteiger partial charge in [-0.3, -0.25) is 19.5 Å². The average molecular weight is 342 g/mol. The first-order chi connectivity index (χ1) is 11.5. The standard InChI is InChI=1S/C17H34N4O3/c1-4-18-5-6-19(13-14-22)7-8-20(15-17(23)24)10-12-21(11-9-18)16(2)3/h14,16H,4-13,15H2,1-3H3,(H,23,24). The number of carboxylic acids is 1.